The monoisotopic (exact) mass is 298 g/mol. The van der Waals surface area contributed by atoms with Crippen molar-refractivity contribution in [3.05, 3.63) is 69.1 Å². The SMILES string of the molecule is Cc1ccc([N+](=O)[O-])c(NCc2csc3ccccc23)c1. The zero-order valence-corrected chi connectivity index (χ0v) is 12.3. The third kappa shape index (κ3) is 2.73. The molecule has 0 radical (unpaired) electrons. The summed E-state index contributed by atoms with van der Waals surface area (Å²) in [6.45, 7) is 2.50. The Morgan fingerprint density at radius 2 is 2.05 bits per heavy atom. The van der Waals surface area contributed by atoms with E-state index in [4.69, 9.17) is 0 Å². The third-order valence-electron chi connectivity index (χ3n) is 3.38. The molecule has 0 amide bonds. The van der Waals surface area contributed by atoms with Gasteiger partial charge in [-0.3, -0.25) is 10.1 Å². The van der Waals surface area contributed by atoms with Gasteiger partial charge in [0.1, 0.15) is 5.69 Å². The van der Waals surface area contributed by atoms with Gasteiger partial charge in [0.2, 0.25) is 0 Å². The van der Waals surface area contributed by atoms with Crippen molar-refractivity contribution in [3.63, 3.8) is 0 Å². The molecule has 0 bridgehead atoms. The Bertz CT molecular complexity index is 811. The summed E-state index contributed by atoms with van der Waals surface area (Å²) in [5.74, 6) is 0. The molecule has 0 atom stereocenters. The summed E-state index contributed by atoms with van der Waals surface area (Å²) in [4.78, 5) is 10.7. The average Bonchev–Trinajstić information content (AvgIpc) is 2.88. The van der Waals surface area contributed by atoms with Gasteiger partial charge >= 0.3 is 0 Å². The number of nitro benzene ring substituents is 1. The van der Waals surface area contributed by atoms with Crippen LogP contribution in [0.1, 0.15) is 11.1 Å². The number of benzene rings is 2. The molecule has 3 aromatic rings. The van der Waals surface area contributed by atoms with E-state index in [0.717, 1.165) is 11.1 Å². The standard InChI is InChI=1S/C16H14N2O2S/c1-11-6-7-15(18(19)20)14(8-11)17-9-12-10-21-16-5-3-2-4-13(12)16/h2-8,10,17H,9H2,1H3. The van der Waals surface area contributed by atoms with Gasteiger partial charge in [-0.25, -0.2) is 0 Å². The van der Waals surface area contributed by atoms with Gasteiger partial charge in [0, 0.05) is 17.3 Å². The lowest BCUT2D eigenvalue weighted by atomic mass is 10.1. The first-order valence-corrected chi connectivity index (χ1v) is 7.47. The maximum Gasteiger partial charge on any atom is 0.292 e. The summed E-state index contributed by atoms with van der Waals surface area (Å²) in [6, 6.07) is 13.3. The molecule has 1 N–H and O–H groups in total. The minimum Gasteiger partial charge on any atom is -0.375 e. The third-order valence-corrected chi connectivity index (χ3v) is 4.39. The zero-order chi connectivity index (χ0) is 14.8. The van der Waals surface area contributed by atoms with E-state index < -0.39 is 0 Å². The smallest absolute Gasteiger partial charge is 0.292 e. The number of hydrogen-bond donors (Lipinski definition) is 1. The van der Waals surface area contributed by atoms with Gasteiger partial charge in [-0.15, -0.1) is 11.3 Å². The highest BCUT2D eigenvalue weighted by molar-refractivity contribution is 7.17. The van der Waals surface area contributed by atoms with E-state index in [9.17, 15) is 10.1 Å². The van der Waals surface area contributed by atoms with Gasteiger partial charge < -0.3 is 5.32 Å². The van der Waals surface area contributed by atoms with Crippen LogP contribution >= 0.6 is 11.3 Å². The number of anilines is 1. The molecule has 0 spiro atoms. The Labute approximate surface area is 126 Å². The minimum absolute atomic E-state index is 0.111. The van der Waals surface area contributed by atoms with Crippen molar-refractivity contribution in [1.29, 1.82) is 0 Å². The van der Waals surface area contributed by atoms with E-state index >= 15 is 0 Å². The topological polar surface area (TPSA) is 55.2 Å². The summed E-state index contributed by atoms with van der Waals surface area (Å²) in [5, 5.41) is 17.6. The molecule has 0 aliphatic rings. The van der Waals surface area contributed by atoms with Crippen molar-refractivity contribution < 1.29 is 4.92 Å². The van der Waals surface area contributed by atoms with Crippen LogP contribution in [0.3, 0.4) is 0 Å². The highest BCUT2D eigenvalue weighted by Gasteiger charge is 2.13. The van der Waals surface area contributed by atoms with Crippen molar-refractivity contribution >= 4 is 32.8 Å². The Morgan fingerprint density at radius 1 is 1.24 bits per heavy atom. The minimum atomic E-state index is -0.354. The van der Waals surface area contributed by atoms with E-state index in [1.807, 2.05) is 25.1 Å². The molecular weight excluding hydrogens is 284 g/mol. The van der Waals surface area contributed by atoms with Crippen molar-refractivity contribution in [1.82, 2.24) is 0 Å². The maximum absolute atomic E-state index is 11.1. The first-order chi connectivity index (χ1) is 10.1. The number of nitro groups is 1. The Hall–Kier alpha value is -2.40. The predicted molar refractivity (Wildman–Crippen MR) is 87.0 cm³/mol. The molecular formula is C16H14N2O2S. The molecule has 0 saturated heterocycles. The number of hydrogen-bond acceptors (Lipinski definition) is 4. The quantitative estimate of drug-likeness (QED) is 0.559. The number of thiophene rings is 1. The molecule has 1 aromatic heterocycles. The van der Waals surface area contributed by atoms with Crippen LogP contribution in [0.25, 0.3) is 10.1 Å². The molecule has 3 rings (SSSR count). The lowest BCUT2D eigenvalue weighted by molar-refractivity contribution is -0.384. The zero-order valence-electron chi connectivity index (χ0n) is 11.5. The molecule has 0 aliphatic carbocycles. The largest absolute Gasteiger partial charge is 0.375 e. The van der Waals surface area contributed by atoms with Gasteiger partial charge in [0.25, 0.3) is 5.69 Å². The lowest BCUT2D eigenvalue weighted by Gasteiger charge is -2.07. The normalized spacial score (nSPS) is 10.7. The molecule has 4 nitrogen and oxygen atoms in total. The summed E-state index contributed by atoms with van der Waals surface area (Å²) >= 11 is 1.69. The fourth-order valence-electron chi connectivity index (χ4n) is 2.31. The Kier molecular flexibility index (Phi) is 3.58. The number of rotatable bonds is 4. The van der Waals surface area contributed by atoms with Gasteiger partial charge in [-0.05, 0) is 40.9 Å². The number of fused-ring (bicyclic) bond motifs is 1. The van der Waals surface area contributed by atoms with Crippen molar-refractivity contribution in [3.8, 4) is 0 Å². The summed E-state index contributed by atoms with van der Waals surface area (Å²) in [5.41, 5.74) is 2.83. The first-order valence-electron chi connectivity index (χ1n) is 6.59. The van der Waals surface area contributed by atoms with Crippen LogP contribution in [0.4, 0.5) is 11.4 Å². The molecule has 1 heterocycles. The van der Waals surface area contributed by atoms with Crippen LogP contribution in [0, 0.1) is 17.0 Å². The number of aryl methyl sites for hydroxylation is 1. The van der Waals surface area contributed by atoms with E-state index in [1.165, 1.54) is 10.1 Å². The van der Waals surface area contributed by atoms with Gasteiger partial charge in [-0.2, -0.15) is 0 Å². The molecule has 0 unspecified atom stereocenters. The molecule has 5 heteroatoms. The van der Waals surface area contributed by atoms with Crippen LogP contribution in [-0.2, 0) is 6.54 Å². The number of nitrogens with zero attached hydrogens (tertiary/aromatic N) is 1. The van der Waals surface area contributed by atoms with Crippen molar-refractivity contribution in [2.75, 3.05) is 5.32 Å². The maximum atomic E-state index is 11.1. The molecule has 2 aromatic carbocycles. The number of nitrogens with one attached hydrogen (secondary N) is 1. The first kappa shape index (κ1) is 13.6. The second kappa shape index (κ2) is 5.54. The van der Waals surface area contributed by atoms with Gasteiger partial charge in [0.05, 0.1) is 4.92 Å². The van der Waals surface area contributed by atoms with Crippen LogP contribution in [-0.4, -0.2) is 4.92 Å². The van der Waals surface area contributed by atoms with E-state index in [2.05, 4.69) is 22.8 Å². The molecule has 0 aliphatic heterocycles. The van der Waals surface area contributed by atoms with E-state index in [1.54, 1.807) is 23.5 Å². The second-order valence-corrected chi connectivity index (χ2v) is 5.80. The fourth-order valence-corrected chi connectivity index (χ4v) is 3.27. The van der Waals surface area contributed by atoms with E-state index in [0.29, 0.717) is 12.2 Å². The molecule has 21 heavy (non-hydrogen) atoms. The highest BCUT2D eigenvalue weighted by Crippen LogP contribution is 2.29. The van der Waals surface area contributed by atoms with Crippen LogP contribution in [0.5, 0.6) is 0 Å². The highest BCUT2D eigenvalue weighted by atomic mass is 32.1. The van der Waals surface area contributed by atoms with Crippen LogP contribution in [0.15, 0.2) is 47.8 Å². The summed E-state index contributed by atoms with van der Waals surface area (Å²) in [6.07, 6.45) is 0. The average molecular weight is 298 g/mol. The van der Waals surface area contributed by atoms with Crippen LogP contribution in [0.2, 0.25) is 0 Å². The molecule has 0 saturated carbocycles. The Balaban J connectivity index is 1.88. The molecule has 0 fully saturated rings. The molecule has 106 valence electrons. The predicted octanol–water partition coefficient (Wildman–Crippen LogP) is 4.73. The van der Waals surface area contributed by atoms with Crippen LogP contribution < -0.4 is 5.32 Å². The second-order valence-electron chi connectivity index (χ2n) is 4.89. The Morgan fingerprint density at radius 3 is 2.86 bits per heavy atom. The van der Waals surface area contributed by atoms with Gasteiger partial charge in [-0.1, -0.05) is 24.3 Å². The van der Waals surface area contributed by atoms with Crippen molar-refractivity contribution in [2.24, 2.45) is 0 Å². The lowest BCUT2D eigenvalue weighted by Crippen LogP contribution is -2.02. The summed E-state index contributed by atoms with van der Waals surface area (Å²) in [7, 11) is 0. The van der Waals surface area contributed by atoms with Crippen molar-refractivity contribution in [2.45, 2.75) is 13.5 Å². The van der Waals surface area contributed by atoms with E-state index in [-0.39, 0.29) is 10.6 Å². The van der Waals surface area contributed by atoms with Gasteiger partial charge in [0.15, 0.2) is 0 Å². The summed E-state index contributed by atoms with van der Waals surface area (Å²) < 4.78 is 1.23. The fraction of sp³-hybridized carbons (Fsp3) is 0.125.